The quantitative estimate of drug-likeness (QED) is 0.158. The lowest BCUT2D eigenvalue weighted by molar-refractivity contribution is -0.385. The molecule has 0 saturated carbocycles. The highest BCUT2D eigenvalue weighted by Crippen LogP contribution is 2.23. The highest BCUT2D eigenvalue weighted by Gasteiger charge is 2.17. The smallest absolute Gasteiger partial charge is 0.287 e. The van der Waals surface area contributed by atoms with Gasteiger partial charge in [0.2, 0.25) is 11.9 Å². The maximum atomic E-state index is 12.5. The van der Waals surface area contributed by atoms with E-state index in [1.54, 1.807) is 24.3 Å². The normalized spacial score (nSPS) is 9.80. The first-order chi connectivity index (χ1) is 16.4. The van der Waals surface area contributed by atoms with Gasteiger partial charge >= 0.3 is 0 Å². The Morgan fingerprint density at radius 1 is 1.06 bits per heavy atom. The number of hydrogen-bond donors (Lipinski definition) is 5. The third-order valence-corrected chi connectivity index (χ3v) is 4.42. The molecule has 0 radical (unpaired) electrons. The van der Waals surface area contributed by atoms with Crippen LogP contribution >= 0.6 is 0 Å². The van der Waals surface area contributed by atoms with Gasteiger partial charge in [0, 0.05) is 30.9 Å². The summed E-state index contributed by atoms with van der Waals surface area (Å²) in [7, 11) is 0. The number of pyridine rings is 1. The van der Waals surface area contributed by atoms with Gasteiger partial charge in [-0.25, -0.2) is 15.0 Å². The molecule has 0 saturated heterocycles. The van der Waals surface area contributed by atoms with E-state index in [1.807, 2.05) is 6.07 Å². The first-order valence-electron chi connectivity index (χ1n) is 9.89. The molecule has 1 aromatic carbocycles. The number of amides is 2. The SMILES string of the molecule is N.N#Cc1ccc(-c2nc(NCCNc3ccc([N+](=O)[O-])cn3)ncc2C(=O)NCC(N)=O)cc1. The van der Waals surface area contributed by atoms with Crippen molar-refractivity contribution in [1.29, 1.82) is 5.26 Å². The molecule has 0 spiro atoms. The monoisotopic (exact) mass is 478 g/mol. The molecule has 0 fully saturated rings. The first-order valence-corrected chi connectivity index (χ1v) is 9.89. The van der Waals surface area contributed by atoms with Crippen molar-refractivity contribution in [3.63, 3.8) is 0 Å². The number of anilines is 2. The Bertz CT molecular complexity index is 1240. The van der Waals surface area contributed by atoms with E-state index in [0.717, 1.165) is 6.20 Å². The molecule has 2 amide bonds. The van der Waals surface area contributed by atoms with Gasteiger partial charge in [-0.3, -0.25) is 19.7 Å². The summed E-state index contributed by atoms with van der Waals surface area (Å²) in [5, 5.41) is 28.1. The van der Waals surface area contributed by atoms with Crippen molar-refractivity contribution in [3.8, 4) is 17.3 Å². The van der Waals surface area contributed by atoms with E-state index in [0.29, 0.717) is 35.7 Å². The molecule has 2 heterocycles. The second-order valence-corrected chi connectivity index (χ2v) is 6.81. The van der Waals surface area contributed by atoms with Gasteiger partial charge in [0.25, 0.3) is 11.6 Å². The Morgan fingerprint density at radius 3 is 2.37 bits per heavy atom. The molecule has 35 heavy (non-hydrogen) atoms. The molecule has 180 valence electrons. The van der Waals surface area contributed by atoms with E-state index in [4.69, 9.17) is 11.0 Å². The number of nitrogens with two attached hydrogens (primary N) is 1. The molecule has 0 aliphatic carbocycles. The number of nitriles is 1. The van der Waals surface area contributed by atoms with Crippen molar-refractivity contribution in [3.05, 3.63) is 70.0 Å². The summed E-state index contributed by atoms with van der Waals surface area (Å²) in [6.07, 6.45) is 2.48. The van der Waals surface area contributed by atoms with Gasteiger partial charge in [0.05, 0.1) is 34.4 Å². The predicted molar refractivity (Wildman–Crippen MR) is 127 cm³/mol. The van der Waals surface area contributed by atoms with Crippen LogP contribution in [0.1, 0.15) is 15.9 Å². The van der Waals surface area contributed by atoms with Gasteiger partial charge in [-0.05, 0) is 18.2 Å². The number of primary amides is 1. The number of carbonyl (C=O) groups is 2. The van der Waals surface area contributed by atoms with Crippen LogP contribution in [0.3, 0.4) is 0 Å². The van der Waals surface area contributed by atoms with Gasteiger partial charge in [0.1, 0.15) is 12.0 Å². The molecular weight excluding hydrogens is 456 g/mol. The lowest BCUT2D eigenvalue weighted by Gasteiger charge is -2.12. The van der Waals surface area contributed by atoms with Crippen LogP contribution in [0, 0.1) is 21.4 Å². The average molecular weight is 478 g/mol. The second-order valence-electron chi connectivity index (χ2n) is 6.81. The zero-order valence-electron chi connectivity index (χ0n) is 18.4. The van der Waals surface area contributed by atoms with Crippen LogP contribution in [-0.2, 0) is 4.79 Å². The summed E-state index contributed by atoms with van der Waals surface area (Å²) >= 11 is 0. The van der Waals surface area contributed by atoms with Crippen LogP contribution in [0.15, 0.2) is 48.8 Å². The van der Waals surface area contributed by atoms with Crippen LogP contribution in [0.5, 0.6) is 0 Å². The summed E-state index contributed by atoms with van der Waals surface area (Å²) in [5.74, 6) is -0.560. The van der Waals surface area contributed by atoms with Crippen LogP contribution in [0.4, 0.5) is 17.5 Å². The van der Waals surface area contributed by atoms with Crippen LogP contribution < -0.4 is 27.8 Å². The molecule has 14 nitrogen and oxygen atoms in total. The fourth-order valence-electron chi connectivity index (χ4n) is 2.78. The molecule has 0 atom stereocenters. The van der Waals surface area contributed by atoms with Crippen LogP contribution in [-0.4, -0.2) is 51.3 Å². The van der Waals surface area contributed by atoms with E-state index in [2.05, 4.69) is 30.9 Å². The molecule has 0 bridgehead atoms. The Labute approximate surface area is 199 Å². The van der Waals surface area contributed by atoms with Gasteiger partial charge < -0.3 is 27.8 Å². The number of rotatable bonds is 10. The standard InChI is InChI=1S/C21H19N9O4.H3N/c22-9-13-1-3-14(4-2-13)19-16(20(32)27-12-17(23)31)11-28-21(29-19)25-8-7-24-18-6-5-15(10-26-18)30(33)34;/h1-6,10-11H,7-8,12H2,(H2,23,31)(H,24,26)(H,27,32)(H,25,28,29);1H3. The van der Waals surface area contributed by atoms with Crippen molar-refractivity contribution < 1.29 is 14.5 Å². The minimum Gasteiger partial charge on any atom is -0.368 e. The topological polar surface area (TPSA) is 237 Å². The molecule has 0 unspecified atom stereocenters. The zero-order chi connectivity index (χ0) is 24.5. The number of nitrogens with zero attached hydrogens (tertiary/aromatic N) is 5. The molecule has 2 aromatic heterocycles. The summed E-state index contributed by atoms with van der Waals surface area (Å²) in [5.41, 5.74) is 6.43. The van der Waals surface area contributed by atoms with Gasteiger partial charge in [0.15, 0.2) is 0 Å². The maximum absolute atomic E-state index is 12.5. The van der Waals surface area contributed by atoms with E-state index in [-0.39, 0.29) is 29.9 Å². The fourth-order valence-corrected chi connectivity index (χ4v) is 2.78. The number of hydrogen-bond acceptors (Lipinski definition) is 11. The first kappa shape index (κ1) is 26.1. The lowest BCUT2D eigenvalue weighted by atomic mass is 10.0. The van der Waals surface area contributed by atoms with E-state index in [1.165, 1.54) is 18.3 Å². The molecule has 0 aliphatic heterocycles. The minimum atomic E-state index is -0.692. The second kappa shape index (κ2) is 12.2. The lowest BCUT2D eigenvalue weighted by Crippen LogP contribution is -2.33. The number of nitrogens with one attached hydrogen (secondary N) is 3. The van der Waals surface area contributed by atoms with Crippen molar-refractivity contribution in [2.75, 3.05) is 30.3 Å². The largest absolute Gasteiger partial charge is 0.368 e. The van der Waals surface area contributed by atoms with Crippen molar-refractivity contribution >= 4 is 29.3 Å². The fraction of sp³-hybridized carbons (Fsp3) is 0.143. The average Bonchev–Trinajstić information content (AvgIpc) is 2.85. The third kappa shape index (κ3) is 7.17. The van der Waals surface area contributed by atoms with Crippen LogP contribution in [0.2, 0.25) is 0 Å². The van der Waals surface area contributed by atoms with Gasteiger partial charge in [-0.1, -0.05) is 12.1 Å². The molecule has 3 rings (SSSR count). The summed E-state index contributed by atoms with van der Waals surface area (Å²) in [6.45, 7) is 0.438. The Morgan fingerprint density at radius 2 is 1.77 bits per heavy atom. The van der Waals surface area contributed by atoms with Gasteiger partial charge in [-0.2, -0.15) is 5.26 Å². The molecule has 3 aromatic rings. The van der Waals surface area contributed by atoms with E-state index in [9.17, 15) is 19.7 Å². The van der Waals surface area contributed by atoms with E-state index < -0.39 is 16.7 Å². The Kier molecular flexibility index (Phi) is 9.08. The summed E-state index contributed by atoms with van der Waals surface area (Å²) in [6, 6.07) is 11.4. The Hall–Kier alpha value is -5.16. The zero-order valence-corrected chi connectivity index (χ0v) is 18.4. The number of aromatic nitrogens is 3. The van der Waals surface area contributed by atoms with Crippen molar-refractivity contribution in [2.24, 2.45) is 5.73 Å². The highest BCUT2D eigenvalue weighted by molar-refractivity contribution is 6.01. The maximum Gasteiger partial charge on any atom is 0.287 e. The number of nitro groups is 1. The number of carbonyl (C=O) groups excluding carboxylic acids is 2. The van der Waals surface area contributed by atoms with E-state index >= 15 is 0 Å². The van der Waals surface area contributed by atoms with Gasteiger partial charge in [-0.15, -0.1) is 0 Å². The van der Waals surface area contributed by atoms with Crippen LogP contribution in [0.25, 0.3) is 11.3 Å². The van der Waals surface area contributed by atoms with Crippen molar-refractivity contribution in [1.82, 2.24) is 26.4 Å². The Balaban J connectivity index is 0.00000432. The summed E-state index contributed by atoms with van der Waals surface area (Å²) in [4.78, 5) is 46.2. The highest BCUT2D eigenvalue weighted by atomic mass is 16.6. The molecule has 8 N–H and O–H groups in total. The molecular formula is C21H22N10O4. The van der Waals surface area contributed by atoms with Crippen molar-refractivity contribution in [2.45, 2.75) is 0 Å². The predicted octanol–water partition coefficient (Wildman–Crippen LogP) is 1.22. The molecule has 0 aliphatic rings. The number of benzene rings is 1. The third-order valence-electron chi connectivity index (χ3n) is 4.42. The minimum absolute atomic E-state index is 0. The molecule has 14 heteroatoms. The summed E-state index contributed by atoms with van der Waals surface area (Å²) < 4.78 is 0.